The molecule has 0 radical (unpaired) electrons. The Morgan fingerprint density at radius 2 is 1.70 bits per heavy atom. The third kappa shape index (κ3) is 3.96. The molecule has 1 heterocycles. The number of nitrogens with zero attached hydrogens (tertiary/aromatic N) is 1. The zero-order valence-corrected chi connectivity index (χ0v) is 16.8. The minimum absolute atomic E-state index is 0. The second kappa shape index (κ2) is 7.89. The maximum atomic E-state index is 13.5. The standard InChI is InChI=1S/C22H26FN3.ClH/c1-15-11-19-20(12-16(15)2)26-22(9-4-3-5-10-22)21(25-19)24-14-17-7-6-8-18(23)13-17;/h6-8,11-13,26H,3-5,9-10,14H2,1-2H3,(H,24,25);1H. The Labute approximate surface area is 166 Å². The van der Waals surface area contributed by atoms with Gasteiger partial charge in [0.25, 0.3) is 0 Å². The molecule has 0 aromatic heterocycles. The Morgan fingerprint density at radius 1 is 1.00 bits per heavy atom. The molecule has 0 unspecified atom stereocenters. The lowest BCUT2D eigenvalue weighted by atomic mass is 9.79. The number of hydrogen-bond acceptors (Lipinski definition) is 2. The monoisotopic (exact) mass is 387 g/mol. The number of nitrogens with one attached hydrogen (secondary N) is 2. The molecule has 1 spiro atoms. The molecular weight excluding hydrogens is 361 g/mol. The van der Waals surface area contributed by atoms with Gasteiger partial charge >= 0.3 is 0 Å². The number of anilines is 2. The van der Waals surface area contributed by atoms with E-state index in [9.17, 15) is 4.39 Å². The molecule has 0 atom stereocenters. The van der Waals surface area contributed by atoms with Crippen molar-refractivity contribution in [2.45, 2.75) is 58.0 Å². The molecule has 2 aromatic rings. The predicted molar refractivity (Wildman–Crippen MR) is 114 cm³/mol. The zero-order chi connectivity index (χ0) is 18.1. The molecule has 2 N–H and O–H groups in total. The number of aryl methyl sites for hydroxylation is 2. The Hall–Kier alpha value is -2.07. The number of fused-ring (bicyclic) bond motifs is 1. The van der Waals surface area contributed by atoms with E-state index in [4.69, 9.17) is 4.99 Å². The van der Waals surface area contributed by atoms with Gasteiger partial charge in [-0.25, -0.2) is 4.39 Å². The van der Waals surface area contributed by atoms with Gasteiger partial charge in [-0.15, -0.1) is 12.4 Å². The lowest BCUT2D eigenvalue weighted by Gasteiger charge is -2.44. The van der Waals surface area contributed by atoms with Gasteiger partial charge in [0.05, 0.1) is 23.5 Å². The quantitative estimate of drug-likeness (QED) is 0.662. The van der Waals surface area contributed by atoms with Crippen LogP contribution < -0.4 is 10.6 Å². The largest absolute Gasteiger partial charge is 0.371 e. The van der Waals surface area contributed by atoms with Crippen LogP contribution in [0.15, 0.2) is 41.4 Å². The average molecular weight is 388 g/mol. The van der Waals surface area contributed by atoms with Crippen LogP contribution in [-0.4, -0.2) is 11.4 Å². The number of halogens is 2. The van der Waals surface area contributed by atoms with Gasteiger partial charge in [-0.1, -0.05) is 31.4 Å². The molecule has 144 valence electrons. The number of rotatable bonds is 2. The van der Waals surface area contributed by atoms with E-state index in [-0.39, 0.29) is 23.8 Å². The van der Waals surface area contributed by atoms with Crippen molar-refractivity contribution >= 4 is 29.6 Å². The molecule has 0 bridgehead atoms. The highest BCUT2D eigenvalue weighted by atomic mass is 35.5. The summed E-state index contributed by atoms with van der Waals surface area (Å²) >= 11 is 0. The SMILES string of the molecule is Cc1cc2c(cc1C)NC1(CCCCC1)C(=NCc1cccc(F)c1)N2.Cl. The molecule has 2 aliphatic rings. The summed E-state index contributed by atoms with van der Waals surface area (Å²) in [5, 5.41) is 7.41. The zero-order valence-electron chi connectivity index (χ0n) is 15.9. The first-order chi connectivity index (χ1) is 12.6. The van der Waals surface area contributed by atoms with E-state index in [0.717, 1.165) is 29.9 Å². The van der Waals surface area contributed by atoms with Crippen molar-refractivity contribution in [3.05, 3.63) is 58.9 Å². The topological polar surface area (TPSA) is 36.4 Å². The Kier molecular flexibility index (Phi) is 5.75. The second-order valence-corrected chi connectivity index (χ2v) is 7.67. The third-order valence-electron chi connectivity index (χ3n) is 5.73. The van der Waals surface area contributed by atoms with Crippen LogP contribution in [0.5, 0.6) is 0 Å². The molecule has 5 heteroatoms. The summed E-state index contributed by atoms with van der Waals surface area (Å²) in [7, 11) is 0. The summed E-state index contributed by atoms with van der Waals surface area (Å²) in [6.07, 6.45) is 5.84. The van der Waals surface area contributed by atoms with Gasteiger partial charge in [0.2, 0.25) is 0 Å². The Balaban J connectivity index is 0.00000210. The van der Waals surface area contributed by atoms with Crippen molar-refractivity contribution in [3.8, 4) is 0 Å². The fourth-order valence-corrected chi connectivity index (χ4v) is 4.10. The minimum atomic E-state index is -0.207. The molecule has 3 nitrogen and oxygen atoms in total. The fraction of sp³-hybridized carbons (Fsp3) is 0.409. The van der Waals surface area contributed by atoms with Crippen LogP contribution >= 0.6 is 12.4 Å². The van der Waals surface area contributed by atoms with Crippen molar-refractivity contribution in [3.63, 3.8) is 0 Å². The highest BCUT2D eigenvalue weighted by Gasteiger charge is 2.40. The predicted octanol–water partition coefficient (Wildman–Crippen LogP) is 6.00. The van der Waals surface area contributed by atoms with Gasteiger partial charge in [-0.05, 0) is 67.6 Å². The van der Waals surface area contributed by atoms with Gasteiger partial charge in [0.1, 0.15) is 11.7 Å². The molecule has 0 saturated heterocycles. The number of hydrogen-bond donors (Lipinski definition) is 2. The van der Waals surface area contributed by atoms with Crippen molar-refractivity contribution in [2.75, 3.05) is 10.6 Å². The van der Waals surface area contributed by atoms with Gasteiger partial charge in [0, 0.05) is 0 Å². The van der Waals surface area contributed by atoms with Gasteiger partial charge in [0.15, 0.2) is 0 Å². The smallest absolute Gasteiger partial charge is 0.127 e. The third-order valence-corrected chi connectivity index (χ3v) is 5.73. The van der Waals surface area contributed by atoms with Crippen LogP contribution in [0, 0.1) is 19.7 Å². The average Bonchev–Trinajstić information content (AvgIpc) is 2.62. The molecular formula is C22H27ClFN3. The van der Waals surface area contributed by atoms with E-state index in [1.54, 1.807) is 12.1 Å². The first-order valence-electron chi connectivity index (χ1n) is 9.52. The molecule has 1 aliphatic carbocycles. The van der Waals surface area contributed by atoms with E-state index in [1.807, 2.05) is 6.07 Å². The van der Waals surface area contributed by atoms with E-state index < -0.39 is 0 Å². The van der Waals surface area contributed by atoms with Crippen molar-refractivity contribution in [1.82, 2.24) is 0 Å². The van der Waals surface area contributed by atoms with Crippen LogP contribution in [0.2, 0.25) is 0 Å². The minimum Gasteiger partial charge on any atom is -0.371 e. The Bertz CT molecular complexity index is 857. The van der Waals surface area contributed by atoms with Gasteiger partial charge < -0.3 is 10.6 Å². The maximum absolute atomic E-state index is 13.5. The molecule has 2 aromatic carbocycles. The lowest BCUT2D eigenvalue weighted by molar-refractivity contribution is 0.402. The van der Waals surface area contributed by atoms with Crippen LogP contribution in [0.1, 0.15) is 48.8 Å². The van der Waals surface area contributed by atoms with Gasteiger partial charge in [-0.3, -0.25) is 4.99 Å². The lowest BCUT2D eigenvalue weighted by Crippen LogP contribution is -2.53. The van der Waals surface area contributed by atoms with Crippen LogP contribution in [0.4, 0.5) is 15.8 Å². The highest BCUT2D eigenvalue weighted by Crippen LogP contribution is 2.40. The van der Waals surface area contributed by atoms with Crippen LogP contribution in [0.3, 0.4) is 0 Å². The molecule has 1 fully saturated rings. The summed E-state index contributed by atoms with van der Waals surface area (Å²) in [6.45, 7) is 4.77. The summed E-state index contributed by atoms with van der Waals surface area (Å²) in [5.41, 5.74) is 5.59. The normalized spacial score (nSPS) is 19.0. The van der Waals surface area contributed by atoms with Crippen LogP contribution in [-0.2, 0) is 6.54 Å². The first kappa shape index (κ1) is 19.7. The van der Waals surface area contributed by atoms with E-state index in [0.29, 0.717) is 6.54 Å². The molecule has 4 rings (SSSR count). The van der Waals surface area contributed by atoms with E-state index in [1.165, 1.54) is 42.1 Å². The molecule has 1 saturated carbocycles. The summed E-state index contributed by atoms with van der Waals surface area (Å²) in [5.74, 6) is 0.790. The fourth-order valence-electron chi connectivity index (χ4n) is 4.10. The highest BCUT2D eigenvalue weighted by molar-refractivity contribution is 6.09. The van der Waals surface area contributed by atoms with E-state index in [2.05, 4.69) is 36.6 Å². The van der Waals surface area contributed by atoms with E-state index >= 15 is 0 Å². The van der Waals surface area contributed by atoms with Crippen molar-refractivity contribution < 1.29 is 4.39 Å². The van der Waals surface area contributed by atoms with Crippen molar-refractivity contribution in [2.24, 2.45) is 4.99 Å². The van der Waals surface area contributed by atoms with Crippen molar-refractivity contribution in [1.29, 1.82) is 0 Å². The second-order valence-electron chi connectivity index (χ2n) is 7.67. The molecule has 27 heavy (non-hydrogen) atoms. The first-order valence-corrected chi connectivity index (χ1v) is 9.52. The van der Waals surface area contributed by atoms with Crippen LogP contribution in [0.25, 0.3) is 0 Å². The summed E-state index contributed by atoms with van der Waals surface area (Å²) in [6, 6.07) is 11.1. The number of benzene rings is 2. The maximum Gasteiger partial charge on any atom is 0.127 e. The summed E-state index contributed by atoms with van der Waals surface area (Å²) < 4.78 is 13.5. The summed E-state index contributed by atoms with van der Waals surface area (Å²) in [4.78, 5) is 4.90. The number of amidine groups is 1. The van der Waals surface area contributed by atoms with Gasteiger partial charge in [-0.2, -0.15) is 0 Å². The molecule has 0 amide bonds. The Morgan fingerprint density at radius 3 is 2.41 bits per heavy atom. The molecule has 1 aliphatic heterocycles. The number of aliphatic imine (C=N–C) groups is 1.